The largest absolute Gasteiger partial charge is 0.338 e. The second kappa shape index (κ2) is 6.47. The Labute approximate surface area is 141 Å². The van der Waals surface area contributed by atoms with Crippen molar-refractivity contribution in [1.29, 1.82) is 0 Å². The minimum absolute atomic E-state index is 0.0141. The Bertz CT molecular complexity index is 751. The topological polar surface area (TPSA) is 67.2 Å². The van der Waals surface area contributed by atoms with Crippen LogP contribution in [-0.2, 0) is 16.1 Å². The summed E-state index contributed by atoms with van der Waals surface area (Å²) in [6.45, 7) is 4.74. The molecule has 126 valence electrons. The van der Waals surface area contributed by atoms with Crippen LogP contribution in [-0.4, -0.2) is 33.5 Å². The van der Waals surface area contributed by atoms with Crippen LogP contribution in [0.15, 0.2) is 36.5 Å². The third kappa shape index (κ3) is 3.04. The van der Waals surface area contributed by atoms with Crippen molar-refractivity contribution in [3.05, 3.63) is 47.7 Å². The molecule has 1 fully saturated rings. The van der Waals surface area contributed by atoms with Crippen molar-refractivity contribution in [2.75, 3.05) is 12.4 Å². The first kappa shape index (κ1) is 16.2. The van der Waals surface area contributed by atoms with E-state index >= 15 is 0 Å². The minimum Gasteiger partial charge on any atom is -0.338 e. The van der Waals surface area contributed by atoms with Gasteiger partial charge in [-0.25, -0.2) is 0 Å². The average Bonchev–Trinajstić information content (AvgIpc) is 3.14. The standard InChI is InChI=1S/C18H22N4O2/c1-4-22-10-9-15(20-22)19-18(24)14-11-16(23)21(3)17(14)13-7-5-12(2)6-8-13/h5-10,14,17H,4,11H2,1-3H3,(H,19,20,24)/t14-,17-/m0/s1. The number of carbonyl (C=O) groups excluding carboxylic acids is 2. The fourth-order valence-corrected chi connectivity index (χ4v) is 3.15. The molecule has 1 N–H and O–H groups in total. The number of carbonyl (C=O) groups is 2. The summed E-state index contributed by atoms with van der Waals surface area (Å²) >= 11 is 0. The number of hydrogen-bond acceptors (Lipinski definition) is 3. The summed E-state index contributed by atoms with van der Waals surface area (Å²) in [6, 6.07) is 9.50. The van der Waals surface area contributed by atoms with Crippen molar-refractivity contribution in [1.82, 2.24) is 14.7 Å². The average molecular weight is 326 g/mol. The number of aryl methyl sites for hydroxylation is 2. The van der Waals surface area contributed by atoms with Gasteiger partial charge in [-0.05, 0) is 19.4 Å². The molecule has 0 unspecified atom stereocenters. The summed E-state index contributed by atoms with van der Waals surface area (Å²) in [4.78, 5) is 26.5. The summed E-state index contributed by atoms with van der Waals surface area (Å²) in [5.74, 6) is -0.0806. The van der Waals surface area contributed by atoms with Gasteiger partial charge in [0, 0.05) is 32.3 Å². The molecule has 1 aromatic carbocycles. The molecule has 24 heavy (non-hydrogen) atoms. The maximum absolute atomic E-state index is 12.7. The quantitative estimate of drug-likeness (QED) is 0.938. The van der Waals surface area contributed by atoms with Crippen molar-refractivity contribution >= 4 is 17.6 Å². The lowest BCUT2D eigenvalue weighted by Crippen LogP contribution is -2.30. The van der Waals surface area contributed by atoms with Gasteiger partial charge in [0.2, 0.25) is 11.8 Å². The molecule has 0 spiro atoms. The summed E-state index contributed by atoms with van der Waals surface area (Å²) in [5, 5.41) is 7.11. The predicted molar refractivity (Wildman–Crippen MR) is 91.3 cm³/mol. The first-order valence-electron chi connectivity index (χ1n) is 8.16. The molecule has 2 amide bonds. The Morgan fingerprint density at radius 1 is 1.29 bits per heavy atom. The monoisotopic (exact) mass is 326 g/mol. The normalized spacial score (nSPS) is 20.5. The molecule has 0 radical (unpaired) electrons. The molecule has 1 saturated heterocycles. The van der Waals surface area contributed by atoms with E-state index in [9.17, 15) is 9.59 Å². The highest BCUT2D eigenvalue weighted by molar-refractivity contribution is 5.97. The van der Waals surface area contributed by atoms with Crippen molar-refractivity contribution in [2.24, 2.45) is 5.92 Å². The summed E-state index contributed by atoms with van der Waals surface area (Å²) < 4.78 is 1.75. The first-order valence-corrected chi connectivity index (χ1v) is 8.16. The Kier molecular flexibility index (Phi) is 4.38. The predicted octanol–water partition coefficient (Wildman–Crippen LogP) is 2.37. The molecule has 0 aliphatic carbocycles. The second-order valence-corrected chi connectivity index (χ2v) is 6.22. The number of hydrogen-bond donors (Lipinski definition) is 1. The molecule has 1 aliphatic rings. The van der Waals surface area contributed by atoms with Gasteiger partial charge in [0.25, 0.3) is 0 Å². The summed E-state index contributed by atoms with van der Waals surface area (Å²) in [7, 11) is 1.76. The number of rotatable bonds is 4. The van der Waals surface area contributed by atoms with E-state index in [1.165, 1.54) is 0 Å². The molecule has 2 aromatic rings. The van der Waals surface area contributed by atoms with Gasteiger partial charge in [-0.2, -0.15) is 5.10 Å². The molecule has 1 aromatic heterocycles. The van der Waals surface area contributed by atoms with E-state index in [1.54, 1.807) is 22.7 Å². The zero-order chi connectivity index (χ0) is 17.3. The van der Waals surface area contributed by atoms with Gasteiger partial charge in [-0.1, -0.05) is 29.8 Å². The lowest BCUT2D eigenvalue weighted by atomic mass is 9.92. The summed E-state index contributed by atoms with van der Waals surface area (Å²) in [5.41, 5.74) is 2.13. The molecule has 0 bridgehead atoms. The number of amides is 2. The number of nitrogens with one attached hydrogen (secondary N) is 1. The lowest BCUT2D eigenvalue weighted by molar-refractivity contribution is -0.127. The molecule has 3 rings (SSSR count). The zero-order valence-electron chi connectivity index (χ0n) is 14.2. The number of likely N-dealkylation sites (tertiary alicyclic amines) is 1. The minimum atomic E-state index is -0.419. The van der Waals surface area contributed by atoms with Gasteiger partial charge >= 0.3 is 0 Å². The molecule has 0 saturated carbocycles. The lowest BCUT2D eigenvalue weighted by Gasteiger charge is -2.24. The van der Waals surface area contributed by atoms with Crippen LogP contribution < -0.4 is 5.32 Å². The molecule has 6 nitrogen and oxygen atoms in total. The van der Waals surface area contributed by atoms with Gasteiger partial charge < -0.3 is 10.2 Å². The summed E-state index contributed by atoms with van der Waals surface area (Å²) in [6.07, 6.45) is 2.04. The Balaban J connectivity index is 1.82. The van der Waals surface area contributed by atoms with E-state index < -0.39 is 5.92 Å². The maximum Gasteiger partial charge on any atom is 0.231 e. The van der Waals surface area contributed by atoms with Crippen molar-refractivity contribution < 1.29 is 9.59 Å². The molecular weight excluding hydrogens is 304 g/mol. The number of benzene rings is 1. The van der Waals surface area contributed by atoms with Crippen molar-refractivity contribution in [3.8, 4) is 0 Å². The van der Waals surface area contributed by atoms with Crippen LogP contribution in [0.2, 0.25) is 0 Å². The Hall–Kier alpha value is -2.63. The van der Waals surface area contributed by atoms with E-state index in [0.29, 0.717) is 5.82 Å². The third-order valence-corrected chi connectivity index (χ3v) is 4.56. The van der Waals surface area contributed by atoms with Gasteiger partial charge in [-0.15, -0.1) is 0 Å². The van der Waals surface area contributed by atoms with Crippen LogP contribution in [0, 0.1) is 12.8 Å². The second-order valence-electron chi connectivity index (χ2n) is 6.22. The van der Waals surface area contributed by atoms with Gasteiger partial charge in [-0.3, -0.25) is 14.3 Å². The zero-order valence-corrected chi connectivity index (χ0v) is 14.2. The Morgan fingerprint density at radius 2 is 2.00 bits per heavy atom. The van der Waals surface area contributed by atoms with E-state index in [2.05, 4.69) is 10.4 Å². The smallest absolute Gasteiger partial charge is 0.231 e. The van der Waals surface area contributed by atoms with Crippen LogP contribution in [0.1, 0.15) is 30.5 Å². The number of nitrogens with zero attached hydrogens (tertiary/aromatic N) is 3. The fraction of sp³-hybridized carbons (Fsp3) is 0.389. The highest BCUT2D eigenvalue weighted by atomic mass is 16.2. The highest BCUT2D eigenvalue weighted by Crippen LogP contribution is 2.37. The number of anilines is 1. The highest BCUT2D eigenvalue weighted by Gasteiger charge is 2.42. The van der Waals surface area contributed by atoms with E-state index in [0.717, 1.165) is 17.7 Å². The van der Waals surface area contributed by atoms with Crippen LogP contribution in [0.25, 0.3) is 0 Å². The van der Waals surface area contributed by atoms with Crippen LogP contribution in [0.3, 0.4) is 0 Å². The maximum atomic E-state index is 12.7. The molecule has 2 heterocycles. The molecular formula is C18H22N4O2. The third-order valence-electron chi connectivity index (χ3n) is 4.56. The SMILES string of the molecule is CCn1ccc(NC(=O)[C@H]2CC(=O)N(C)[C@H]2c2ccc(C)cc2)n1. The van der Waals surface area contributed by atoms with Crippen LogP contribution in [0.5, 0.6) is 0 Å². The first-order chi connectivity index (χ1) is 11.5. The molecule has 1 aliphatic heterocycles. The van der Waals surface area contributed by atoms with Crippen molar-refractivity contribution in [2.45, 2.75) is 32.9 Å². The van der Waals surface area contributed by atoms with Gasteiger partial charge in [0.15, 0.2) is 5.82 Å². The fourth-order valence-electron chi connectivity index (χ4n) is 3.15. The molecule has 6 heteroatoms. The van der Waals surface area contributed by atoms with Gasteiger partial charge in [0.1, 0.15) is 0 Å². The molecule has 2 atom stereocenters. The van der Waals surface area contributed by atoms with E-state index in [-0.39, 0.29) is 24.3 Å². The Morgan fingerprint density at radius 3 is 2.62 bits per heavy atom. The van der Waals surface area contributed by atoms with Gasteiger partial charge in [0.05, 0.1) is 12.0 Å². The van der Waals surface area contributed by atoms with Crippen molar-refractivity contribution in [3.63, 3.8) is 0 Å². The van der Waals surface area contributed by atoms with Crippen LogP contribution in [0.4, 0.5) is 5.82 Å². The van der Waals surface area contributed by atoms with E-state index in [4.69, 9.17) is 0 Å². The van der Waals surface area contributed by atoms with E-state index in [1.807, 2.05) is 44.3 Å². The van der Waals surface area contributed by atoms with Crippen LogP contribution >= 0.6 is 0 Å². The number of aromatic nitrogens is 2.